The molecule has 1 amide bonds. The van der Waals surface area contributed by atoms with Crippen LogP contribution in [0.15, 0.2) is 51.6 Å². The molecule has 0 bridgehead atoms. The smallest absolute Gasteiger partial charge is 0.273 e. The Morgan fingerprint density at radius 1 is 1.28 bits per heavy atom. The maximum atomic E-state index is 12.3. The zero-order valence-corrected chi connectivity index (χ0v) is 13.8. The van der Waals surface area contributed by atoms with Gasteiger partial charge in [-0.1, -0.05) is 17.3 Å². The maximum Gasteiger partial charge on any atom is 0.273 e. The molecule has 3 heterocycles. The summed E-state index contributed by atoms with van der Waals surface area (Å²) in [7, 11) is 0. The second-order valence-corrected chi connectivity index (χ2v) is 6.17. The fraction of sp³-hybridized carbons (Fsp3) is 0.263. The summed E-state index contributed by atoms with van der Waals surface area (Å²) in [5.41, 5.74) is 2.64. The third-order valence-corrected chi connectivity index (χ3v) is 4.18. The van der Waals surface area contributed by atoms with Gasteiger partial charge in [0, 0.05) is 18.5 Å². The summed E-state index contributed by atoms with van der Waals surface area (Å²) in [6.45, 7) is 2.71. The van der Waals surface area contributed by atoms with Crippen LogP contribution < -0.4 is 10.1 Å². The van der Waals surface area contributed by atoms with E-state index in [2.05, 4.69) is 16.5 Å². The Bertz CT molecular complexity index is 883. The summed E-state index contributed by atoms with van der Waals surface area (Å²) < 4.78 is 15.9. The first-order valence-electron chi connectivity index (χ1n) is 8.25. The van der Waals surface area contributed by atoms with Gasteiger partial charge in [-0.25, -0.2) is 0 Å². The minimum atomic E-state index is -0.265. The van der Waals surface area contributed by atoms with Crippen LogP contribution in [0, 0.1) is 0 Å². The van der Waals surface area contributed by atoms with E-state index in [1.807, 2.05) is 19.1 Å². The molecule has 128 valence electrons. The summed E-state index contributed by atoms with van der Waals surface area (Å²) in [5.74, 6) is 1.67. The highest BCUT2D eigenvalue weighted by Gasteiger charge is 2.18. The average molecular weight is 338 g/mol. The van der Waals surface area contributed by atoms with Crippen LogP contribution in [-0.4, -0.2) is 23.7 Å². The highest BCUT2D eigenvalue weighted by atomic mass is 16.5. The maximum absolute atomic E-state index is 12.3. The van der Waals surface area contributed by atoms with Gasteiger partial charge in [-0.3, -0.25) is 4.79 Å². The molecule has 0 radical (unpaired) electrons. The molecule has 0 fully saturated rings. The van der Waals surface area contributed by atoms with Gasteiger partial charge in [-0.15, -0.1) is 0 Å². The minimum Gasteiger partial charge on any atom is -0.493 e. The predicted octanol–water partition coefficient (Wildman–Crippen LogP) is 3.23. The molecule has 1 aliphatic rings. The lowest BCUT2D eigenvalue weighted by atomic mass is 10.0. The summed E-state index contributed by atoms with van der Waals surface area (Å²) in [6.07, 6.45) is 3.22. The van der Waals surface area contributed by atoms with Gasteiger partial charge in [-0.05, 0) is 42.7 Å². The van der Waals surface area contributed by atoms with Gasteiger partial charge >= 0.3 is 0 Å². The number of fused-ring (bicyclic) bond motifs is 1. The van der Waals surface area contributed by atoms with E-state index in [4.69, 9.17) is 13.7 Å². The molecule has 0 saturated carbocycles. The Morgan fingerprint density at radius 2 is 2.20 bits per heavy atom. The molecule has 4 rings (SSSR count). The van der Waals surface area contributed by atoms with Crippen molar-refractivity contribution in [1.29, 1.82) is 0 Å². The number of nitrogens with zero attached hydrogens (tertiary/aromatic N) is 1. The van der Waals surface area contributed by atoms with Crippen molar-refractivity contribution in [3.63, 3.8) is 0 Å². The first-order valence-corrected chi connectivity index (χ1v) is 8.25. The molecule has 2 aromatic heterocycles. The Labute approximate surface area is 144 Å². The third-order valence-electron chi connectivity index (χ3n) is 4.18. The Hall–Kier alpha value is -3.02. The summed E-state index contributed by atoms with van der Waals surface area (Å²) in [5, 5.41) is 6.76. The number of carbonyl (C=O) groups is 1. The van der Waals surface area contributed by atoms with Crippen LogP contribution in [0.3, 0.4) is 0 Å². The number of ether oxygens (including phenoxy) is 1. The second-order valence-electron chi connectivity index (χ2n) is 6.17. The van der Waals surface area contributed by atoms with Crippen molar-refractivity contribution < 1.29 is 18.5 Å². The number of aromatic nitrogens is 1. The standard InChI is InChI=1S/C19H18N2O4/c1-12(9-13-4-5-16-14(10-13)6-8-24-16)20-19(22)15-11-18(25-21-15)17-3-2-7-23-17/h2-5,7,10-12H,6,8-9H2,1H3,(H,20,22). The van der Waals surface area contributed by atoms with E-state index in [0.717, 1.165) is 25.2 Å². The number of furan rings is 1. The molecule has 1 N–H and O–H groups in total. The van der Waals surface area contributed by atoms with E-state index in [-0.39, 0.29) is 17.6 Å². The first-order chi connectivity index (χ1) is 12.2. The van der Waals surface area contributed by atoms with Crippen molar-refractivity contribution in [3.8, 4) is 17.3 Å². The van der Waals surface area contributed by atoms with Gasteiger partial charge in [0.25, 0.3) is 5.91 Å². The van der Waals surface area contributed by atoms with E-state index in [9.17, 15) is 4.79 Å². The van der Waals surface area contributed by atoms with Crippen LogP contribution in [0.5, 0.6) is 5.75 Å². The van der Waals surface area contributed by atoms with Crippen molar-refractivity contribution in [1.82, 2.24) is 10.5 Å². The molecule has 3 aromatic rings. The number of amides is 1. The number of carbonyl (C=O) groups excluding carboxylic acids is 1. The lowest BCUT2D eigenvalue weighted by Gasteiger charge is -2.13. The Kier molecular flexibility index (Phi) is 4.01. The molecular formula is C19H18N2O4. The van der Waals surface area contributed by atoms with E-state index in [1.54, 1.807) is 24.5 Å². The number of hydrogen-bond donors (Lipinski definition) is 1. The molecule has 1 atom stereocenters. The number of rotatable bonds is 5. The Morgan fingerprint density at radius 3 is 3.04 bits per heavy atom. The predicted molar refractivity (Wildman–Crippen MR) is 90.5 cm³/mol. The molecule has 1 aromatic carbocycles. The summed E-state index contributed by atoms with van der Waals surface area (Å²) >= 11 is 0. The minimum absolute atomic E-state index is 0.0309. The zero-order valence-electron chi connectivity index (χ0n) is 13.8. The first kappa shape index (κ1) is 15.5. The van der Waals surface area contributed by atoms with Crippen molar-refractivity contribution in [2.75, 3.05) is 6.61 Å². The van der Waals surface area contributed by atoms with Crippen LogP contribution in [-0.2, 0) is 12.8 Å². The molecule has 0 saturated heterocycles. The summed E-state index contributed by atoms with van der Waals surface area (Å²) in [4.78, 5) is 12.3. The molecule has 6 nitrogen and oxygen atoms in total. The van der Waals surface area contributed by atoms with E-state index in [0.29, 0.717) is 11.5 Å². The number of benzene rings is 1. The molecule has 0 aliphatic carbocycles. The zero-order chi connectivity index (χ0) is 17.2. The second kappa shape index (κ2) is 6.47. The van der Waals surface area contributed by atoms with Crippen LogP contribution in [0.2, 0.25) is 0 Å². The topological polar surface area (TPSA) is 77.5 Å². The van der Waals surface area contributed by atoms with Crippen molar-refractivity contribution in [2.24, 2.45) is 0 Å². The van der Waals surface area contributed by atoms with Crippen molar-refractivity contribution >= 4 is 5.91 Å². The van der Waals surface area contributed by atoms with Gasteiger partial charge in [0.05, 0.1) is 12.9 Å². The fourth-order valence-electron chi connectivity index (χ4n) is 2.99. The molecule has 1 aliphatic heterocycles. The van der Waals surface area contributed by atoms with Crippen LogP contribution in [0.1, 0.15) is 28.5 Å². The number of nitrogens with one attached hydrogen (secondary N) is 1. The van der Waals surface area contributed by atoms with E-state index < -0.39 is 0 Å². The highest BCUT2D eigenvalue weighted by Crippen LogP contribution is 2.26. The molecule has 25 heavy (non-hydrogen) atoms. The molecule has 6 heteroatoms. The molecular weight excluding hydrogens is 320 g/mol. The van der Waals surface area contributed by atoms with Gasteiger partial charge in [-0.2, -0.15) is 0 Å². The van der Waals surface area contributed by atoms with Gasteiger partial charge < -0.3 is 19.0 Å². The lowest BCUT2D eigenvalue weighted by Crippen LogP contribution is -2.34. The molecule has 0 spiro atoms. The number of hydrogen-bond acceptors (Lipinski definition) is 5. The summed E-state index contributed by atoms with van der Waals surface area (Å²) in [6, 6.07) is 11.2. The van der Waals surface area contributed by atoms with Crippen molar-refractivity contribution in [3.05, 3.63) is 59.5 Å². The van der Waals surface area contributed by atoms with Gasteiger partial charge in [0.2, 0.25) is 5.76 Å². The Balaban J connectivity index is 1.39. The van der Waals surface area contributed by atoms with Gasteiger partial charge in [0.1, 0.15) is 5.75 Å². The molecule has 1 unspecified atom stereocenters. The van der Waals surface area contributed by atoms with Gasteiger partial charge in [0.15, 0.2) is 11.5 Å². The van der Waals surface area contributed by atoms with E-state index >= 15 is 0 Å². The SMILES string of the molecule is CC(Cc1ccc2c(c1)CCO2)NC(=O)c1cc(-c2ccco2)on1. The fourth-order valence-corrected chi connectivity index (χ4v) is 2.99. The van der Waals surface area contributed by atoms with Crippen LogP contribution in [0.25, 0.3) is 11.5 Å². The normalized spacial score (nSPS) is 14.0. The average Bonchev–Trinajstić information content (AvgIpc) is 3.34. The van der Waals surface area contributed by atoms with Crippen molar-refractivity contribution in [2.45, 2.75) is 25.8 Å². The van der Waals surface area contributed by atoms with Crippen LogP contribution in [0.4, 0.5) is 0 Å². The lowest BCUT2D eigenvalue weighted by molar-refractivity contribution is 0.0931. The van der Waals surface area contributed by atoms with E-state index in [1.165, 1.54) is 11.1 Å². The monoisotopic (exact) mass is 338 g/mol. The quantitative estimate of drug-likeness (QED) is 0.773. The largest absolute Gasteiger partial charge is 0.493 e. The van der Waals surface area contributed by atoms with Crippen LogP contribution >= 0.6 is 0 Å². The highest BCUT2D eigenvalue weighted by molar-refractivity contribution is 5.93. The third kappa shape index (κ3) is 3.28.